The smallest absolute Gasteiger partial charge is 0.339 e. The molecule has 3 N–H and O–H groups in total. The highest BCUT2D eigenvalue weighted by Gasteiger charge is 2.15. The van der Waals surface area contributed by atoms with E-state index in [-0.39, 0.29) is 22.6 Å². The molecule has 0 heterocycles. The van der Waals surface area contributed by atoms with Crippen LogP contribution in [0.2, 0.25) is 0 Å². The SMILES string of the molecule is CC(C)=CCCC(C)=CCc1c(O)ccc(C(=O)O)c1O. The van der Waals surface area contributed by atoms with Crippen molar-refractivity contribution in [3.63, 3.8) is 0 Å². The summed E-state index contributed by atoms with van der Waals surface area (Å²) in [7, 11) is 0. The number of carboxylic acid groups (broad SMARTS) is 1. The number of allylic oxidation sites excluding steroid dienone is 4. The molecule has 0 fully saturated rings. The number of hydrogen-bond donors (Lipinski definition) is 3. The number of carbonyl (C=O) groups is 1. The molecule has 0 aliphatic heterocycles. The van der Waals surface area contributed by atoms with Crippen LogP contribution in [-0.4, -0.2) is 21.3 Å². The van der Waals surface area contributed by atoms with Crippen molar-refractivity contribution in [2.24, 2.45) is 0 Å². The number of aromatic carboxylic acids is 1. The molecule has 0 atom stereocenters. The first-order valence-corrected chi connectivity index (χ1v) is 6.89. The summed E-state index contributed by atoms with van der Waals surface area (Å²) in [5.41, 5.74) is 2.45. The average molecular weight is 290 g/mol. The summed E-state index contributed by atoms with van der Waals surface area (Å²) in [6, 6.07) is 2.49. The van der Waals surface area contributed by atoms with E-state index in [9.17, 15) is 15.0 Å². The van der Waals surface area contributed by atoms with E-state index in [0.29, 0.717) is 6.42 Å². The minimum atomic E-state index is -1.21. The molecule has 1 aromatic rings. The van der Waals surface area contributed by atoms with Gasteiger partial charge in [-0.25, -0.2) is 4.79 Å². The summed E-state index contributed by atoms with van der Waals surface area (Å²) in [6.07, 6.45) is 6.19. The molecule has 0 unspecified atom stereocenters. The molecule has 21 heavy (non-hydrogen) atoms. The van der Waals surface area contributed by atoms with E-state index in [1.165, 1.54) is 17.7 Å². The Balaban J connectivity index is 2.85. The maximum Gasteiger partial charge on any atom is 0.339 e. The van der Waals surface area contributed by atoms with Gasteiger partial charge >= 0.3 is 5.97 Å². The van der Waals surface area contributed by atoms with E-state index in [1.54, 1.807) is 0 Å². The van der Waals surface area contributed by atoms with Gasteiger partial charge in [0.1, 0.15) is 17.1 Å². The third-order valence-corrected chi connectivity index (χ3v) is 3.23. The maximum atomic E-state index is 11.0. The van der Waals surface area contributed by atoms with E-state index in [0.717, 1.165) is 18.4 Å². The molecule has 4 heteroatoms. The van der Waals surface area contributed by atoms with Gasteiger partial charge in [-0.1, -0.05) is 23.3 Å². The lowest BCUT2D eigenvalue weighted by Crippen LogP contribution is -1.99. The van der Waals surface area contributed by atoms with Gasteiger partial charge in [-0.3, -0.25) is 0 Å². The van der Waals surface area contributed by atoms with Crippen LogP contribution < -0.4 is 0 Å². The molecular formula is C17H22O4. The third kappa shape index (κ3) is 4.99. The molecular weight excluding hydrogens is 268 g/mol. The summed E-state index contributed by atoms with van der Waals surface area (Å²) in [4.78, 5) is 11.0. The molecule has 1 aromatic carbocycles. The van der Waals surface area contributed by atoms with Crippen LogP contribution in [-0.2, 0) is 6.42 Å². The van der Waals surface area contributed by atoms with Crippen LogP contribution in [0.3, 0.4) is 0 Å². The molecule has 4 nitrogen and oxygen atoms in total. The zero-order valence-corrected chi connectivity index (χ0v) is 12.7. The molecule has 0 aliphatic rings. The molecule has 0 aromatic heterocycles. The second-order valence-corrected chi connectivity index (χ2v) is 5.34. The van der Waals surface area contributed by atoms with Crippen molar-refractivity contribution in [2.75, 3.05) is 0 Å². The summed E-state index contributed by atoms with van der Waals surface area (Å²) in [5, 5.41) is 28.7. The van der Waals surface area contributed by atoms with Crippen LogP contribution in [0.4, 0.5) is 0 Å². The maximum absolute atomic E-state index is 11.0. The van der Waals surface area contributed by atoms with Gasteiger partial charge in [0.25, 0.3) is 0 Å². The van der Waals surface area contributed by atoms with Crippen molar-refractivity contribution in [1.29, 1.82) is 0 Å². The number of aromatic hydroxyl groups is 2. The van der Waals surface area contributed by atoms with E-state index in [4.69, 9.17) is 5.11 Å². The minimum absolute atomic E-state index is 0.0918. The summed E-state index contributed by atoms with van der Waals surface area (Å²) in [6.45, 7) is 6.08. The lowest BCUT2D eigenvalue weighted by Gasteiger charge is -2.08. The molecule has 0 spiro atoms. The fourth-order valence-electron chi connectivity index (χ4n) is 1.97. The quantitative estimate of drug-likeness (QED) is 0.691. The van der Waals surface area contributed by atoms with Gasteiger partial charge in [0.15, 0.2) is 0 Å². The van der Waals surface area contributed by atoms with Crippen molar-refractivity contribution >= 4 is 5.97 Å². The lowest BCUT2D eigenvalue weighted by molar-refractivity contribution is 0.0693. The average Bonchev–Trinajstić information content (AvgIpc) is 2.37. The highest BCUT2D eigenvalue weighted by atomic mass is 16.4. The van der Waals surface area contributed by atoms with Crippen molar-refractivity contribution in [1.82, 2.24) is 0 Å². The number of rotatable bonds is 6. The van der Waals surface area contributed by atoms with Gasteiger partial charge in [0, 0.05) is 5.56 Å². The number of carboxylic acids is 1. The van der Waals surface area contributed by atoms with Gasteiger partial charge in [-0.05, 0) is 52.2 Å². The van der Waals surface area contributed by atoms with Gasteiger partial charge in [0.2, 0.25) is 0 Å². The van der Waals surface area contributed by atoms with Crippen LogP contribution >= 0.6 is 0 Å². The minimum Gasteiger partial charge on any atom is -0.508 e. The van der Waals surface area contributed by atoms with Crippen molar-refractivity contribution in [3.05, 3.63) is 46.6 Å². The van der Waals surface area contributed by atoms with Crippen molar-refractivity contribution in [2.45, 2.75) is 40.0 Å². The fraction of sp³-hybridized carbons (Fsp3) is 0.353. The van der Waals surface area contributed by atoms with Crippen LogP contribution in [0.1, 0.15) is 49.5 Å². The Morgan fingerprint density at radius 3 is 2.38 bits per heavy atom. The lowest BCUT2D eigenvalue weighted by atomic mass is 10.0. The molecule has 0 aliphatic carbocycles. The second kappa shape index (κ2) is 7.53. The Bertz CT molecular complexity index is 579. The van der Waals surface area contributed by atoms with Crippen LogP contribution in [0.15, 0.2) is 35.4 Å². The van der Waals surface area contributed by atoms with Crippen molar-refractivity contribution < 1.29 is 20.1 Å². The first kappa shape index (κ1) is 16.8. The summed E-state index contributed by atoms with van der Waals surface area (Å²) < 4.78 is 0. The van der Waals surface area contributed by atoms with Gasteiger partial charge < -0.3 is 15.3 Å². The molecule has 0 amide bonds. The molecule has 1 rings (SSSR count). The standard InChI is InChI=1S/C17H22O4/c1-11(2)5-4-6-12(3)7-8-13-15(18)10-9-14(16(13)19)17(20)21/h5,7,9-10,18-19H,4,6,8H2,1-3H3,(H,20,21). The van der Waals surface area contributed by atoms with E-state index < -0.39 is 5.97 Å². The van der Waals surface area contributed by atoms with E-state index >= 15 is 0 Å². The van der Waals surface area contributed by atoms with E-state index in [2.05, 4.69) is 6.08 Å². The molecule has 0 saturated carbocycles. The Morgan fingerprint density at radius 1 is 1.14 bits per heavy atom. The number of hydrogen-bond acceptors (Lipinski definition) is 3. The molecule has 0 radical (unpaired) electrons. The van der Waals surface area contributed by atoms with Crippen molar-refractivity contribution in [3.8, 4) is 11.5 Å². The van der Waals surface area contributed by atoms with Crippen LogP contribution in [0.5, 0.6) is 11.5 Å². The first-order chi connectivity index (χ1) is 9.82. The number of benzene rings is 1. The molecule has 0 saturated heterocycles. The third-order valence-electron chi connectivity index (χ3n) is 3.23. The Kier molecular flexibility index (Phi) is 6.03. The van der Waals surface area contributed by atoms with Gasteiger partial charge in [0.05, 0.1) is 0 Å². The summed E-state index contributed by atoms with van der Waals surface area (Å²) >= 11 is 0. The topological polar surface area (TPSA) is 77.8 Å². The monoisotopic (exact) mass is 290 g/mol. The first-order valence-electron chi connectivity index (χ1n) is 6.89. The van der Waals surface area contributed by atoms with Gasteiger partial charge in [-0.2, -0.15) is 0 Å². The largest absolute Gasteiger partial charge is 0.508 e. The molecule has 114 valence electrons. The van der Waals surface area contributed by atoms with Gasteiger partial charge in [-0.15, -0.1) is 0 Å². The Hall–Kier alpha value is -2.23. The predicted molar refractivity (Wildman–Crippen MR) is 82.9 cm³/mol. The second-order valence-electron chi connectivity index (χ2n) is 5.34. The highest BCUT2D eigenvalue weighted by Crippen LogP contribution is 2.31. The predicted octanol–water partition coefficient (Wildman–Crippen LogP) is 4.03. The Labute approximate surface area is 125 Å². The normalized spacial score (nSPS) is 11.3. The Morgan fingerprint density at radius 2 is 1.81 bits per heavy atom. The van der Waals surface area contributed by atoms with E-state index in [1.807, 2.05) is 26.8 Å². The summed E-state index contributed by atoms with van der Waals surface area (Å²) in [5.74, 6) is -1.67. The zero-order valence-electron chi connectivity index (χ0n) is 12.7. The highest BCUT2D eigenvalue weighted by molar-refractivity contribution is 5.91. The number of phenols is 2. The zero-order chi connectivity index (χ0) is 16.0. The van der Waals surface area contributed by atoms with Crippen LogP contribution in [0.25, 0.3) is 0 Å². The fourth-order valence-corrected chi connectivity index (χ4v) is 1.97. The molecule has 0 bridgehead atoms. The number of phenolic OH excluding ortho intramolecular Hbond substituents is 1. The van der Waals surface area contributed by atoms with Crippen LogP contribution in [0, 0.1) is 0 Å².